The van der Waals surface area contributed by atoms with Crippen LogP contribution in [0.1, 0.15) is 33.9 Å². The van der Waals surface area contributed by atoms with E-state index in [-0.39, 0.29) is 11.7 Å². The zero-order valence-corrected chi connectivity index (χ0v) is 19.3. The Kier molecular flexibility index (Phi) is 5.74. The molecule has 7 heteroatoms. The van der Waals surface area contributed by atoms with Crippen molar-refractivity contribution >= 4 is 39.7 Å². The highest BCUT2D eigenvalue weighted by Crippen LogP contribution is 2.34. The van der Waals surface area contributed by atoms with E-state index < -0.39 is 0 Å². The molecule has 0 radical (unpaired) electrons. The van der Waals surface area contributed by atoms with Gasteiger partial charge in [0.25, 0.3) is 5.91 Å². The SMILES string of the molecule is Cc1nc(C(=O)N(CCc2c[nH]c3ccc(F)cc23)CC2CC2)c(-c2cccc(Cl)c2)s1. The third kappa shape index (κ3) is 4.43. The van der Waals surface area contributed by atoms with Crippen molar-refractivity contribution in [1.29, 1.82) is 0 Å². The summed E-state index contributed by atoms with van der Waals surface area (Å²) in [5.41, 5.74) is 3.31. The number of hydrogen-bond acceptors (Lipinski definition) is 3. The number of nitrogens with one attached hydrogen (secondary N) is 1. The monoisotopic (exact) mass is 467 g/mol. The van der Waals surface area contributed by atoms with Gasteiger partial charge in [0.2, 0.25) is 0 Å². The number of aromatic nitrogens is 2. The fraction of sp³-hybridized carbons (Fsp3) is 0.280. The first-order valence-corrected chi connectivity index (χ1v) is 12.0. The first-order valence-electron chi connectivity index (χ1n) is 10.8. The minimum absolute atomic E-state index is 0.0535. The Hall–Kier alpha value is -2.70. The van der Waals surface area contributed by atoms with Gasteiger partial charge in [-0.25, -0.2) is 9.37 Å². The number of carbonyl (C=O) groups is 1. The molecule has 2 aromatic carbocycles. The smallest absolute Gasteiger partial charge is 0.274 e. The van der Waals surface area contributed by atoms with Crippen molar-refractivity contribution in [2.75, 3.05) is 13.1 Å². The van der Waals surface area contributed by atoms with Crippen molar-refractivity contribution in [2.24, 2.45) is 5.92 Å². The van der Waals surface area contributed by atoms with E-state index in [4.69, 9.17) is 11.6 Å². The van der Waals surface area contributed by atoms with Gasteiger partial charge < -0.3 is 9.88 Å². The van der Waals surface area contributed by atoms with Gasteiger partial charge in [-0.1, -0.05) is 23.7 Å². The van der Waals surface area contributed by atoms with Gasteiger partial charge in [0, 0.05) is 35.2 Å². The molecule has 1 saturated carbocycles. The molecular weight excluding hydrogens is 445 g/mol. The zero-order valence-electron chi connectivity index (χ0n) is 17.7. The minimum atomic E-state index is -0.256. The van der Waals surface area contributed by atoms with Gasteiger partial charge >= 0.3 is 0 Å². The largest absolute Gasteiger partial charge is 0.361 e. The number of thiazole rings is 1. The predicted molar refractivity (Wildman–Crippen MR) is 128 cm³/mol. The molecular formula is C25H23ClFN3OS. The second-order valence-corrected chi connectivity index (χ2v) is 10.0. The molecule has 1 fully saturated rings. The number of carbonyl (C=O) groups excluding carboxylic acids is 1. The van der Waals surface area contributed by atoms with Crippen LogP contribution in [0.15, 0.2) is 48.7 Å². The van der Waals surface area contributed by atoms with E-state index in [1.165, 1.54) is 17.4 Å². The van der Waals surface area contributed by atoms with Crippen molar-refractivity contribution < 1.29 is 9.18 Å². The van der Waals surface area contributed by atoms with Crippen molar-refractivity contribution in [2.45, 2.75) is 26.2 Å². The molecule has 0 aliphatic heterocycles. The van der Waals surface area contributed by atoms with Crippen LogP contribution in [0.5, 0.6) is 0 Å². The second-order valence-electron chi connectivity index (χ2n) is 8.37. The van der Waals surface area contributed by atoms with Gasteiger partial charge in [0.15, 0.2) is 0 Å². The number of aryl methyl sites for hydroxylation is 1. The molecule has 2 heterocycles. The van der Waals surface area contributed by atoms with Crippen LogP contribution in [0.25, 0.3) is 21.3 Å². The average Bonchev–Trinajstić information content (AvgIpc) is 3.38. The molecule has 1 amide bonds. The number of rotatable bonds is 7. The molecule has 1 N–H and O–H groups in total. The van der Waals surface area contributed by atoms with Crippen LogP contribution in [-0.2, 0) is 6.42 Å². The van der Waals surface area contributed by atoms with Crippen LogP contribution in [0.3, 0.4) is 0 Å². The number of halogens is 2. The Morgan fingerprint density at radius 1 is 1.28 bits per heavy atom. The van der Waals surface area contributed by atoms with Gasteiger partial charge in [0.1, 0.15) is 11.5 Å². The van der Waals surface area contributed by atoms with Gasteiger partial charge in [-0.3, -0.25) is 4.79 Å². The Balaban J connectivity index is 1.42. The Bertz CT molecular complexity index is 1290. The quantitative estimate of drug-likeness (QED) is 0.338. The summed E-state index contributed by atoms with van der Waals surface area (Å²) >= 11 is 7.71. The van der Waals surface area contributed by atoms with Crippen LogP contribution >= 0.6 is 22.9 Å². The van der Waals surface area contributed by atoms with E-state index in [0.29, 0.717) is 29.6 Å². The molecule has 0 saturated heterocycles. The van der Waals surface area contributed by atoms with Gasteiger partial charge in [-0.05, 0) is 73.6 Å². The predicted octanol–water partition coefficient (Wildman–Crippen LogP) is 6.49. The molecule has 32 heavy (non-hydrogen) atoms. The highest BCUT2D eigenvalue weighted by molar-refractivity contribution is 7.15. The zero-order chi connectivity index (χ0) is 22.2. The fourth-order valence-electron chi connectivity index (χ4n) is 4.05. The summed E-state index contributed by atoms with van der Waals surface area (Å²) in [6, 6.07) is 12.3. The lowest BCUT2D eigenvalue weighted by atomic mass is 10.1. The molecule has 0 bridgehead atoms. The lowest BCUT2D eigenvalue weighted by Gasteiger charge is -2.22. The lowest BCUT2D eigenvalue weighted by Crippen LogP contribution is -2.35. The van der Waals surface area contributed by atoms with E-state index in [1.54, 1.807) is 12.1 Å². The number of hydrogen-bond donors (Lipinski definition) is 1. The third-order valence-electron chi connectivity index (χ3n) is 5.87. The Morgan fingerprint density at radius 2 is 2.12 bits per heavy atom. The topological polar surface area (TPSA) is 49.0 Å². The fourth-order valence-corrected chi connectivity index (χ4v) is 5.14. The third-order valence-corrected chi connectivity index (χ3v) is 7.12. The second kappa shape index (κ2) is 8.68. The molecule has 0 unspecified atom stereocenters. The summed E-state index contributed by atoms with van der Waals surface area (Å²) in [6.45, 7) is 3.20. The maximum atomic E-state index is 13.8. The first kappa shape index (κ1) is 21.2. The average molecular weight is 468 g/mol. The maximum absolute atomic E-state index is 13.8. The van der Waals surface area contributed by atoms with Crippen LogP contribution in [0.2, 0.25) is 5.02 Å². The van der Waals surface area contributed by atoms with Crippen LogP contribution in [-0.4, -0.2) is 33.9 Å². The van der Waals surface area contributed by atoms with E-state index >= 15 is 0 Å². The summed E-state index contributed by atoms with van der Waals surface area (Å²) in [7, 11) is 0. The molecule has 1 aliphatic carbocycles. The van der Waals surface area contributed by atoms with E-state index in [2.05, 4.69) is 9.97 Å². The number of benzene rings is 2. The number of nitrogens with zero attached hydrogens (tertiary/aromatic N) is 2. The summed E-state index contributed by atoms with van der Waals surface area (Å²) in [5, 5.41) is 2.35. The summed E-state index contributed by atoms with van der Waals surface area (Å²) in [5.74, 6) is 0.240. The lowest BCUT2D eigenvalue weighted by molar-refractivity contribution is 0.0745. The number of fused-ring (bicyclic) bond motifs is 1. The van der Waals surface area contributed by atoms with Gasteiger partial charge in [-0.2, -0.15) is 0 Å². The molecule has 1 aliphatic rings. The standard InChI is InChI=1S/C25H23ClFN3OS/c1-15-29-23(24(32-15)17-3-2-4-19(26)11-17)25(31)30(14-16-5-6-16)10-9-18-13-28-22-8-7-20(27)12-21(18)22/h2-4,7-8,11-13,16,28H,5-6,9-10,14H2,1H3. The number of amides is 1. The highest BCUT2D eigenvalue weighted by Gasteiger charge is 2.30. The normalized spacial score (nSPS) is 13.6. The number of aromatic amines is 1. The van der Waals surface area contributed by atoms with Gasteiger partial charge in [0.05, 0.1) is 9.88 Å². The summed E-state index contributed by atoms with van der Waals surface area (Å²) < 4.78 is 13.8. The van der Waals surface area contributed by atoms with Crippen LogP contribution in [0, 0.1) is 18.7 Å². The molecule has 0 atom stereocenters. The molecule has 5 rings (SSSR count). The van der Waals surface area contributed by atoms with Gasteiger partial charge in [-0.15, -0.1) is 11.3 Å². The Labute approximate surface area is 195 Å². The molecule has 164 valence electrons. The van der Waals surface area contributed by atoms with Crippen LogP contribution in [0.4, 0.5) is 4.39 Å². The minimum Gasteiger partial charge on any atom is -0.361 e. The van der Waals surface area contributed by atoms with Crippen molar-refractivity contribution in [3.8, 4) is 10.4 Å². The molecule has 0 spiro atoms. The van der Waals surface area contributed by atoms with E-state index in [9.17, 15) is 9.18 Å². The first-order chi connectivity index (χ1) is 15.5. The Morgan fingerprint density at radius 3 is 2.91 bits per heavy atom. The highest BCUT2D eigenvalue weighted by atomic mass is 35.5. The van der Waals surface area contributed by atoms with E-state index in [1.807, 2.05) is 42.3 Å². The molecule has 2 aromatic heterocycles. The molecule has 4 aromatic rings. The molecule has 4 nitrogen and oxygen atoms in total. The summed E-state index contributed by atoms with van der Waals surface area (Å²) in [6.07, 6.45) is 4.87. The van der Waals surface area contributed by atoms with Crippen LogP contribution < -0.4 is 0 Å². The van der Waals surface area contributed by atoms with Crippen molar-refractivity contribution in [3.05, 3.63) is 75.8 Å². The van der Waals surface area contributed by atoms with Crippen molar-refractivity contribution in [3.63, 3.8) is 0 Å². The maximum Gasteiger partial charge on any atom is 0.274 e. The van der Waals surface area contributed by atoms with Crippen molar-refractivity contribution in [1.82, 2.24) is 14.9 Å². The summed E-state index contributed by atoms with van der Waals surface area (Å²) in [4.78, 5) is 24.2. The van der Waals surface area contributed by atoms with E-state index in [0.717, 1.165) is 51.3 Å². The number of H-pyrrole nitrogens is 1.